The van der Waals surface area contributed by atoms with Crippen molar-refractivity contribution in [3.05, 3.63) is 60.2 Å². The Hall–Kier alpha value is -2.66. The number of carbonyl (C=O) groups is 1. The zero-order chi connectivity index (χ0) is 16.5. The predicted molar refractivity (Wildman–Crippen MR) is 92.6 cm³/mol. The van der Waals surface area contributed by atoms with Gasteiger partial charge in [-0.15, -0.1) is 0 Å². The molecule has 2 aromatic carbocycles. The van der Waals surface area contributed by atoms with Gasteiger partial charge in [-0.1, -0.05) is 42.5 Å². The van der Waals surface area contributed by atoms with E-state index in [1.165, 1.54) is 0 Å². The second-order valence-electron chi connectivity index (χ2n) is 6.13. The van der Waals surface area contributed by atoms with E-state index in [2.05, 4.69) is 9.55 Å². The molecule has 0 aliphatic carbocycles. The molecule has 0 bridgehead atoms. The summed E-state index contributed by atoms with van der Waals surface area (Å²) in [5.41, 5.74) is 2.98. The highest BCUT2D eigenvalue weighted by Gasteiger charge is 2.34. The maximum atomic E-state index is 12.9. The molecule has 5 nitrogen and oxygen atoms in total. The third-order valence-electron chi connectivity index (χ3n) is 4.56. The second kappa shape index (κ2) is 6.09. The lowest BCUT2D eigenvalue weighted by Gasteiger charge is -2.32. The fourth-order valence-corrected chi connectivity index (χ4v) is 3.35. The number of aliphatic hydroxyl groups is 1. The molecule has 0 radical (unpaired) electrons. The summed E-state index contributed by atoms with van der Waals surface area (Å²) in [4.78, 5) is 19.4. The second-order valence-corrected chi connectivity index (χ2v) is 6.13. The maximum Gasteiger partial charge on any atom is 0.234 e. The van der Waals surface area contributed by atoms with Gasteiger partial charge in [-0.25, -0.2) is 4.98 Å². The molecule has 0 saturated carbocycles. The van der Waals surface area contributed by atoms with Crippen LogP contribution in [0.4, 0.5) is 5.95 Å². The molecule has 1 aromatic heterocycles. The van der Waals surface area contributed by atoms with E-state index < -0.39 is 0 Å². The molecular weight excluding hydrogens is 302 g/mol. The molecule has 1 aliphatic heterocycles. The number of rotatable bonds is 4. The number of aromatic nitrogens is 2. The Bertz CT molecular complexity index is 873. The molecule has 2 heterocycles. The Morgan fingerprint density at radius 2 is 1.83 bits per heavy atom. The largest absolute Gasteiger partial charge is 0.396 e. The fourth-order valence-electron chi connectivity index (χ4n) is 3.35. The van der Waals surface area contributed by atoms with Gasteiger partial charge in [0.05, 0.1) is 23.5 Å². The molecule has 4 rings (SSSR count). The van der Waals surface area contributed by atoms with E-state index in [0.29, 0.717) is 25.5 Å². The van der Waals surface area contributed by atoms with Crippen LogP contribution in [-0.2, 0) is 17.9 Å². The summed E-state index contributed by atoms with van der Waals surface area (Å²) in [6, 6.07) is 17.9. The van der Waals surface area contributed by atoms with Crippen LogP contribution in [0.25, 0.3) is 11.0 Å². The molecule has 24 heavy (non-hydrogen) atoms. The summed E-state index contributed by atoms with van der Waals surface area (Å²) >= 11 is 0. The topological polar surface area (TPSA) is 58.4 Å². The number of imidazole rings is 1. The van der Waals surface area contributed by atoms with Crippen LogP contribution in [0, 0.1) is 5.92 Å². The van der Waals surface area contributed by atoms with Crippen LogP contribution in [0.5, 0.6) is 0 Å². The van der Waals surface area contributed by atoms with Gasteiger partial charge in [-0.05, 0) is 24.1 Å². The van der Waals surface area contributed by atoms with E-state index in [9.17, 15) is 9.90 Å². The lowest BCUT2D eigenvalue weighted by molar-refractivity contribution is -0.124. The van der Waals surface area contributed by atoms with Crippen LogP contribution < -0.4 is 4.90 Å². The first-order valence-electron chi connectivity index (χ1n) is 8.19. The van der Waals surface area contributed by atoms with Crippen molar-refractivity contribution < 1.29 is 9.90 Å². The summed E-state index contributed by atoms with van der Waals surface area (Å²) in [5.74, 6) is 0.513. The minimum atomic E-state index is -0.219. The SMILES string of the molecule is O=C1C(CCO)Cn2c(nc3ccccc32)N1Cc1ccccc1. The number of hydrogen-bond donors (Lipinski definition) is 1. The number of nitrogens with zero attached hydrogens (tertiary/aromatic N) is 3. The third-order valence-corrected chi connectivity index (χ3v) is 4.56. The van der Waals surface area contributed by atoms with E-state index in [1.54, 1.807) is 4.90 Å². The van der Waals surface area contributed by atoms with Crippen LogP contribution in [0.1, 0.15) is 12.0 Å². The number of carbonyl (C=O) groups excluding carboxylic acids is 1. The van der Waals surface area contributed by atoms with Gasteiger partial charge in [-0.3, -0.25) is 9.69 Å². The Kier molecular flexibility index (Phi) is 3.78. The number of amides is 1. The van der Waals surface area contributed by atoms with Gasteiger partial charge >= 0.3 is 0 Å². The summed E-state index contributed by atoms with van der Waals surface area (Å²) < 4.78 is 2.10. The highest BCUT2D eigenvalue weighted by atomic mass is 16.3. The highest BCUT2D eigenvalue weighted by molar-refractivity contribution is 5.97. The van der Waals surface area contributed by atoms with Crippen molar-refractivity contribution in [1.82, 2.24) is 9.55 Å². The van der Waals surface area contributed by atoms with Crippen molar-refractivity contribution in [3.8, 4) is 0 Å². The number of benzene rings is 2. The minimum absolute atomic E-state index is 0.0115. The normalized spacial score (nSPS) is 17.3. The van der Waals surface area contributed by atoms with Gasteiger partial charge in [-0.2, -0.15) is 0 Å². The Labute approximate surface area is 140 Å². The van der Waals surface area contributed by atoms with Crippen LogP contribution in [-0.4, -0.2) is 27.2 Å². The molecular formula is C19H19N3O2. The van der Waals surface area contributed by atoms with Crippen molar-refractivity contribution >= 4 is 22.9 Å². The van der Waals surface area contributed by atoms with E-state index >= 15 is 0 Å². The summed E-state index contributed by atoms with van der Waals surface area (Å²) in [6.45, 7) is 1.07. The van der Waals surface area contributed by atoms with Crippen LogP contribution in [0.15, 0.2) is 54.6 Å². The Morgan fingerprint density at radius 1 is 1.08 bits per heavy atom. The minimum Gasteiger partial charge on any atom is -0.396 e. The van der Waals surface area contributed by atoms with E-state index in [1.807, 2.05) is 54.6 Å². The molecule has 1 amide bonds. The van der Waals surface area contributed by atoms with Gasteiger partial charge in [0, 0.05) is 13.2 Å². The van der Waals surface area contributed by atoms with Crippen LogP contribution in [0.3, 0.4) is 0 Å². The predicted octanol–water partition coefficient (Wildman–Crippen LogP) is 2.58. The number of aliphatic hydroxyl groups excluding tert-OH is 1. The molecule has 0 saturated heterocycles. The number of para-hydroxylation sites is 2. The Balaban J connectivity index is 1.80. The van der Waals surface area contributed by atoms with Crippen molar-refractivity contribution in [1.29, 1.82) is 0 Å². The molecule has 5 heteroatoms. The average molecular weight is 321 g/mol. The molecule has 0 spiro atoms. The van der Waals surface area contributed by atoms with Gasteiger partial charge in [0.15, 0.2) is 0 Å². The molecule has 122 valence electrons. The molecule has 1 atom stereocenters. The summed E-state index contributed by atoms with van der Waals surface area (Å²) in [5, 5.41) is 9.33. The van der Waals surface area contributed by atoms with Crippen LogP contribution >= 0.6 is 0 Å². The van der Waals surface area contributed by atoms with Gasteiger partial charge in [0.25, 0.3) is 0 Å². The monoisotopic (exact) mass is 321 g/mol. The third kappa shape index (κ3) is 2.47. The molecule has 3 aromatic rings. The fraction of sp³-hybridized carbons (Fsp3) is 0.263. The maximum absolute atomic E-state index is 12.9. The van der Waals surface area contributed by atoms with E-state index in [-0.39, 0.29) is 18.4 Å². The summed E-state index contributed by atoms with van der Waals surface area (Å²) in [7, 11) is 0. The van der Waals surface area contributed by atoms with Crippen LogP contribution in [0.2, 0.25) is 0 Å². The zero-order valence-electron chi connectivity index (χ0n) is 13.3. The molecule has 1 N–H and O–H groups in total. The highest BCUT2D eigenvalue weighted by Crippen LogP contribution is 2.31. The molecule has 0 fully saturated rings. The molecule has 1 unspecified atom stereocenters. The lowest BCUT2D eigenvalue weighted by Crippen LogP contribution is -2.43. The average Bonchev–Trinajstić information content (AvgIpc) is 2.98. The smallest absolute Gasteiger partial charge is 0.234 e. The van der Waals surface area contributed by atoms with Crippen molar-refractivity contribution in [2.45, 2.75) is 19.5 Å². The van der Waals surface area contributed by atoms with E-state index in [0.717, 1.165) is 16.6 Å². The van der Waals surface area contributed by atoms with Crippen molar-refractivity contribution in [2.75, 3.05) is 11.5 Å². The van der Waals surface area contributed by atoms with Gasteiger partial charge < -0.3 is 9.67 Å². The van der Waals surface area contributed by atoms with Gasteiger partial charge in [0.1, 0.15) is 0 Å². The quantitative estimate of drug-likeness (QED) is 0.803. The standard InChI is InChI=1S/C19H19N3O2/c23-11-10-15-13-21-17-9-5-4-8-16(17)20-19(21)22(18(15)24)12-14-6-2-1-3-7-14/h1-9,15,23H,10-13H2. The zero-order valence-corrected chi connectivity index (χ0v) is 13.3. The first-order chi connectivity index (χ1) is 11.8. The Morgan fingerprint density at radius 3 is 2.62 bits per heavy atom. The van der Waals surface area contributed by atoms with E-state index in [4.69, 9.17) is 0 Å². The number of anilines is 1. The van der Waals surface area contributed by atoms with Crippen molar-refractivity contribution in [3.63, 3.8) is 0 Å². The lowest BCUT2D eigenvalue weighted by atomic mass is 10.0. The first kappa shape index (κ1) is 14.9. The first-order valence-corrected chi connectivity index (χ1v) is 8.19. The number of fused-ring (bicyclic) bond motifs is 3. The molecule has 1 aliphatic rings. The van der Waals surface area contributed by atoms with Crippen molar-refractivity contribution in [2.24, 2.45) is 5.92 Å². The number of hydrogen-bond acceptors (Lipinski definition) is 3. The summed E-state index contributed by atoms with van der Waals surface area (Å²) in [6.07, 6.45) is 0.468. The van der Waals surface area contributed by atoms with Gasteiger partial charge in [0.2, 0.25) is 11.9 Å².